The summed E-state index contributed by atoms with van der Waals surface area (Å²) in [6, 6.07) is 7.52. The lowest BCUT2D eigenvalue weighted by atomic mass is 10.2. The Bertz CT molecular complexity index is 522. The molecule has 1 N–H and O–H groups in total. The molecule has 106 valence electrons. The molecule has 0 amide bonds. The van der Waals surface area contributed by atoms with Crippen LogP contribution in [0.1, 0.15) is 19.8 Å². The van der Waals surface area contributed by atoms with Crippen molar-refractivity contribution in [2.75, 3.05) is 31.2 Å². The van der Waals surface area contributed by atoms with Crippen LogP contribution >= 0.6 is 0 Å². The first kappa shape index (κ1) is 14.3. The lowest BCUT2D eigenvalue weighted by Crippen LogP contribution is -2.35. The number of hydrogen-bond donors (Lipinski definition) is 1. The normalized spacial score (nSPS) is 18.4. The van der Waals surface area contributed by atoms with Crippen molar-refractivity contribution >= 4 is 15.5 Å². The zero-order valence-electron chi connectivity index (χ0n) is 11.6. The van der Waals surface area contributed by atoms with Gasteiger partial charge in [0.25, 0.3) is 0 Å². The summed E-state index contributed by atoms with van der Waals surface area (Å²) in [5, 5.41) is 3.28. The number of likely N-dealkylation sites (tertiary alicyclic amines) is 1. The summed E-state index contributed by atoms with van der Waals surface area (Å²) in [4.78, 5) is 2.82. The second kappa shape index (κ2) is 5.92. The minimum atomic E-state index is -3.18. The molecule has 0 aromatic heterocycles. The van der Waals surface area contributed by atoms with Gasteiger partial charge in [-0.25, -0.2) is 8.42 Å². The Morgan fingerprint density at radius 3 is 2.53 bits per heavy atom. The highest BCUT2D eigenvalue weighted by molar-refractivity contribution is 7.90. The predicted molar refractivity (Wildman–Crippen MR) is 78.3 cm³/mol. The van der Waals surface area contributed by atoms with Crippen LogP contribution in [-0.2, 0) is 9.84 Å². The molecular formula is C14H22N2O2S. The van der Waals surface area contributed by atoms with E-state index < -0.39 is 9.84 Å². The molecule has 1 aliphatic heterocycles. The van der Waals surface area contributed by atoms with Gasteiger partial charge in [-0.05, 0) is 45.0 Å². The molecule has 1 heterocycles. The summed E-state index contributed by atoms with van der Waals surface area (Å²) in [7, 11) is -3.18. The lowest BCUT2D eigenvalue weighted by Gasteiger charge is -2.24. The van der Waals surface area contributed by atoms with Gasteiger partial charge in [-0.2, -0.15) is 0 Å². The van der Waals surface area contributed by atoms with Crippen molar-refractivity contribution in [1.82, 2.24) is 4.90 Å². The van der Waals surface area contributed by atoms with Gasteiger partial charge in [-0.15, -0.1) is 0 Å². The first-order valence-electron chi connectivity index (χ1n) is 6.75. The first-order chi connectivity index (χ1) is 8.98. The number of anilines is 1. The fourth-order valence-electron chi connectivity index (χ4n) is 2.51. The predicted octanol–water partition coefficient (Wildman–Crippen LogP) is 1.99. The Morgan fingerprint density at radius 2 is 1.89 bits per heavy atom. The summed E-state index contributed by atoms with van der Waals surface area (Å²) in [6.07, 6.45) is 3.78. The maximum Gasteiger partial charge on any atom is 0.177 e. The number of sulfone groups is 1. The molecule has 1 atom stereocenters. The summed E-state index contributed by atoms with van der Waals surface area (Å²) in [6.45, 7) is 5.25. The van der Waals surface area contributed by atoms with E-state index in [-0.39, 0.29) is 0 Å². The fourth-order valence-corrected chi connectivity index (χ4v) is 3.37. The van der Waals surface area contributed by atoms with E-state index in [1.807, 2.05) is 12.1 Å². The highest BCUT2D eigenvalue weighted by Crippen LogP contribution is 2.21. The minimum absolute atomic E-state index is 0.378. The van der Waals surface area contributed by atoms with Crippen molar-refractivity contribution in [3.05, 3.63) is 24.3 Å². The highest BCUT2D eigenvalue weighted by atomic mass is 32.2. The number of para-hydroxylation sites is 1. The minimum Gasteiger partial charge on any atom is -0.382 e. The van der Waals surface area contributed by atoms with Crippen molar-refractivity contribution in [1.29, 1.82) is 0 Å². The van der Waals surface area contributed by atoms with Gasteiger partial charge in [0, 0.05) is 18.8 Å². The molecule has 1 fully saturated rings. The van der Waals surface area contributed by atoms with Crippen molar-refractivity contribution in [2.24, 2.45) is 0 Å². The zero-order valence-corrected chi connectivity index (χ0v) is 12.4. The van der Waals surface area contributed by atoms with Crippen LogP contribution in [0.2, 0.25) is 0 Å². The van der Waals surface area contributed by atoms with E-state index in [0.717, 1.165) is 19.6 Å². The van der Waals surface area contributed by atoms with Crippen LogP contribution in [0.4, 0.5) is 5.69 Å². The number of nitrogens with zero attached hydrogens (tertiary/aromatic N) is 1. The molecule has 4 nitrogen and oxygen atoms in total. The smallest absolute Gasteiger partial charge is 0.177 e. The summed E-state index contributed by atoms with van der Waals surface area (Å²) < 4.78 is 23.4. The second-order valence-corrected chi connectivity index (χ2v) is 7.23. The molecule has 5 heteroatoms. The first-order valence-corrected chi connectivity index (χ1v) is 8.64. The average Bonchev–Trinajstić information content (AvgIpc) is 2.89. The van der Waals surface area contributed by atoms with Crippen LogP contribution in [-0.4, -0.2) is 45.2 Å². The third kappa shape index (κ3) is 3.70. The van der Waals surface area contributed by atoms with Crippen molar-refractivity contribution in [2.45, 2.75) is 30.7 Å². The molecule has 0 spiro atoms. The van der Waals surface area contributed by atoms with Crippen molar-refractivity contribution in [3.8, 4) is 0 Å². The van der Waals surface area contributed by atoms with Gasteiger partial charge in [0.05, 0.1) is 10.6 Å². The van der Waals surface area contributed by atoms with Gasteiger partial charge in [-0.1, -0.05) is 12.1 Å². The average molecular weight is 282 g/mol. The van der Waals surface area contributed by atoms with Crippen LogP contribution < -0.4 is 5.32 Å². The molecule has 1 unspecified atom stereocenters. The molecule has 1 aromatic carbocycles. The van der Waals surface area contributed by atoms with Crippen LogP contribution in [0.25, 0.3) is 0 Å². The van der Waals surface area contributed by atoms with Gasteiger partial charge < -0.3 is 5.32 Å². The Morgan fingerprint density at radius 1 is 1.26 bits per heavy atom. The van der Waals surface area contributed by atoms with Gasteiger partial charge in [0.15, 0.2) is 9.84 Å². The molecule has 0 bridgehead atoms. The van der Waals surface area contributed by atoms with E-state index in [1.54, 1.807) is 12.1 Å². The van der Waals surface area contributed by atoms with Gasteiger partial charge in [0.2, 0.25) is 0 Å². The molecule has 0 saturated carbocycles. The van der Waals surface area contributed by atoms with Crippen molar-refractivity contribution in [3.63, 3.8) is 0 Å². The summed E-state index contributed by atoms with van der Waals surface area (Å²) in [5.41, 5.74) is 0.705. The van der Waals surface area contributed by atoms with E-state index in [0.29, 0.717) is 16.6 Å². The number of hydrogen-bond acceptors (Lipinski definition) is 4. The Kier molecular flexibility index (Phi) is 4.47. The van der Waals surface area contributed by atoms with Gasteiger partial charge in [-0.3, -0.25) is 4.90 Å². The lowest BCUT2D eigenvalue weighted by molar-refractivity contribution is 0.269. The SMILES string of the molecule is CC(CNc1ccccc1S(C)(=O)=O)N1CCCC1. The largest absolute Gasteiger partial charge is 0.382 e. The monoisotopic (exact) mass is 282 g/mol. The molecule has 0 radical (unpaired) electrons. The van der Waals surface area contributed by atoms with Crippen LogP contribution in [0.3, 0.4) is 0 Å². The molecule has 0 aliphatic carbocycles. The van der Waals surface area contributed by atoms with Crippen LogP contribution in [0.15, 0.2) is 29.2 Å². The molecule has 1 aromatic rings. The third-order valence-corrected chi connectivity index (χ3v) is 4.79. The zero-order chi connectivity index (χ0) is 13.9. The van der Waals surface area contributed by atoms with Gasteiger partial charge in [0.1, 0.15) is 0 Å². The number of benzene rings is 1. The van der Waals surface area contributed by atoms with Crippen LogP contribution in [0, 0.1) is 0 Å². The summed E-state index contributed by atoms with van der Waals surface area (Å²) >= 11 is 0. The Labute approximate surface area is 115 Å². The van der Waals surface area contributed by atoms with E-state index in [2.05, 4.69) is 17.1 Å². The van der Waals surface area contributed by atoms with Crippen LogP contribution in [0.5, 0.6) is 0 Å². The van der Waals surface area contributed by atoms with Gasteiger partial charge >= 0.3 is 0 Å². The topological polar surface area (TPSA) is 49.4 Å². The Balaban J connectivity index is 2.03. The second-order valence-electron chi connectivity index (χ2n) is 5.24. The maximum absolute atomic E-state index is 11.7. The third-order valence-electron chi connectivity index (χ3n) is 3.64. The molecule has 2 rings (SSSR count). The molecular weight excluding hydrogens is 260 g/mol. The van der Waals surface area contributed by atoms with E-state index >= 15 is 0 Å². The fraction of sp³-hybridized carbons (Fsp3) is 0.571. The number of nitrogens with one attached hydrogen (secondary N) is 1. The number of rotatable bonds is 5. The molecule has 19 heavy (non-hydrogen) atoms. The van der Waals surface area contributed by atoms with E-state index in [9.17, 15) is 8.42 Å². The van der Waals surface area contributed by atoms with E-state index in [4.69, 9.17) is 0 Å². The Hall–Kier alpha value is -1.07. The van der Waals surface area contributed by atoms with E-state index in [1.165, 1.54) is 19.1 Å². The quantitative estimate of drug-likeness (QED) is 0.897. The summed E-state index contributed by atoms with van der Waals surface area (Å²) in [5.74, 6) is 0. The highest BCUT2D eigenvalue weighted by Gasteiger charge is 2.18. The maximum atomic E-state index is 11.7. The molecule has 1 aliphatic rings. The molecule has 1 saturated heterocycles. The van der Waals surface area contributed by atoms with Crippen molar-refractivity contribution < 1.29 is 8.42 Å². The standard InChI is InChI=1S/C14H22N2O2S/c1-12(16-9-5-6-10-16)11-15-13-7-3-4-8-14(13)19(2,17)18/h3-4,7-8,12,15H,5-6,9-11H2,1-2H3.